The van der Waals surface area contributed by atoms with Gasteiger partial charge in [-0.3, -0.25) is 4.79 Å². The third kappa shape index (κ3) is 3.24. The molecule has 1 aromatic heterocycles. The molecule has 0 aliphatic carbocycles. The van der Waals surface area contributed by atoms with Crippen LogP contribution in [0.25, 0.3) is 0 Å². The normalized spacial score (nSPS) is 10.4. The van der Waals surface area contributed by atoms with Gasteiger partial charge >= 0.3 is 5.82 Å². The molecule has 7 nitrogen and oxygen atoms in total. The van der Waals surface area contributed by atoms with Crippen LogP contribution >= 0.6 is 15.9 Å². The molecule has 2 aromatic rings. The van der Waals surface area contributed by atoms with Crippen molar-refractivity contribution in [1.82, 2.24) is 9.78 Å². The van der Waals surface area contributed by atoms with Crippen molar-refractivity contribution in [3.05, 3.63) is 50.4 Å². The average Bonchev–Trinajstić information content (AvgIpc) is 2.70. The molecule has 1 aromatic carbocycles. The third-order valence-electron chi connectivity index (χ3n) is 2.73. The predicted octanol–water partition coefficient (Wildman–Crippen LogP) is 2.64. The number of aromatic nitrogens is 2. The Balaban J connectivity index is 2.15. The minimum atomic E-state index is -0.650. The zero-order chi connectivity index (χ0) is 15.6. The molecule has 9 heteroatoms. The first kappa shape index (κ1) is 15.1. The van der Waals surface area contributed by atoms with Gasteiger partial charge in [-0.05, 0) is 39.9 Å². The second kappa shape index (κ2) is 6.00. The van der Waals surface area contributed by atoms with Gasteiger partial charge in [0.1, 0.15) is 16.8 Å². The number of nitrogens with one attached hydrogen (secondary N) is 1. The molecule has 1 amide bonds. The van der Waals surface area contributed by atoms with Crippen molar-refractivity contribution in [3.8, 4) is 0 Å². The summed E-state index contributed by atoms with van der Waals surface area (Å²) >= 11 is 3.05. The largest absolute Gasteiger partial charge is 0.404 e. The fourth-order valence-corrected chi connectivity index (χ4v) is 2.10. The van der Waals surface area contributed by atoms with E-state index in [2.05, 4.69) is 26.3 Å². The highest BCUT2D eigenvalue weighted by Gasteiger charge is 2.24. The van der Waals surface area contributed by atoms with E-state index in [0.29, 0.717) is 5.69 Å². The van der Waals surface area contributed by atoms with Crippen molar-refractivity contribution >= 4 is 33.3 Å². The number of benzene rings is 1. The molecule has 0 fully saturated rings. The molecule has 0 unspecified atom stereocenters. The van der Waals surface area contributed by atoms with Crippen molar-refractivity contribution in [1.29, 1.82) is 0 Å². The quantitative estimate of drug-likeness (QED) is 0.673. The highest BCUT2D eigenvalue weighted by Crippen LogP contribution is 2.26. The Labute approximate surface area is 127 Å². The third-order valence-corrected chi connectivity index (χ3v) is 3.66. The Morgan fingerprint density at radius 3 is 2.76 bits per heavy atom. The summed E-state index contributed by atoms with van der Waals surface area (Å²) in [6.45, 7) is 1.33. The minimum Gasteiger partial charge on any atom is -0.358 e. The van der Waals surface area contributed by atoms with Crippen LogP contribution in [0.4, 0.5) is 15.9 Å². The first-order chi connectivity index (χ1) is 9.90. The zero-order valence-electron chi connectivity index (χ0n) is 10.8. The molecule has 0 aliphatic rings. The summed E-state index contributed by atoms with van der Waals surface area (Å²) < 4.78 is 14.8. The van der Waals surface area contributed by atoms with Crippen molar-refractivity contribution in [3.63, 3.8) is 0 Å². The summed E-state index contributed by atoms with van der Waals surface area (Å²) in [5.74, 6) is -1.46. The van der Waals surface area contributed by atoms with Crippen LogP contribution in [0.3, 0.4) is 0 Å². The lowest BCUT2D eigenvalue weighted by molar-refractivity contribution is -0.390. The lowest BCUT2D eigenvalue weighted by Crippen LogP contribution is -2.20. The van der Waals surface area contributed by atoms with Gasteiger partial charge in [-0.15, -0.1) is 0 Å². The highest BCUT2D eigenvalue weighted by atomic mass is 79.9. The zero-order valence-corrected chi connectivity index (χ0v) is 12.4. The first-order valence-corrected chi connectivity index (χ1v) is 6.61. The number of carbonyl (C=O) groups excluding carboxylic acids is 1. The van der Waals surface area contributed by atoms with Crippen LogP contribution < -0.4 is 5.32 Å². The van der Waals surface area contributed by atoms with E-state index < -0.39 is 16.6 Å². The Kier molecular flexibility index (Phi) is 4.32. The highest BCUT2D eigenvalue weighted by molar-refractivity contribution is 9.10. The summed E-state index contributed by atoms with van der Waals surface area (Å²) in [5.41, 5.74) is 0.478. The summed E-state index contributed by atoms with van der Waals surface area (Å²) in [7, 11) is 0. The molecule has 0 atom stereocenters. The molecule has 0 radical (unpaired) electrons. The van der Waals surface area contributed by atoms with Crippen LogP contribution in [-0.2, 0) is 11.3 Å². The topological polar surface area (TPSA) is 90.1 Å². The molecule has 0 saturated carbocycles. The SMILES string of the molecule is Cc1c(Br)c([N+](=O)[O-])nn1CC(=O)Nc1ccccc1F. The molecule has 0 spiro atoms. The van der Waals surface area contributed by atoms with E-state index >= 15 is 0 Å². The van der Waals surface area contributed by atoms with Crippen LogP contribution in [0.5, 0.6) is 0 Å². The number of amides is 1. The maximum Gasteiger partial charge on any atom is 0.404 e. The van der Waals surface area contributed by atoms with Crippen molar-refractivity contribution in [2.75, 3.05) is 5.32 Å². The van der Waals surface area contributed by atoms with E-state index in [1.54, 1.807) is 13.0 Å². The van der Waals surface area contributed by atoms with Gasteiger partial charge in [0.05, 0.1) is 16.5 Å². The number of nitro groups is 1. The van der Waals surface area contributed by atoms with Gasteiger partial charge in [0.2, 0.25) is 5.91 Å². The van der Waals surface area contributed by atoms with Crippen molar-refractivity contribution < 1.29 is 14.1 Å². The van der Waals surface area contributed by atoms with Gasteiger partial charge in [-0.2, -0.15) is 4.68 Å². The van der Waals surface area contributed by atoms with Gasteiger partial charge in [-0.1, -0.05) is 12.1 Å². The van der Waals surface area contributed by atoms with Crippen LogP contribution in [0.15, 0.2) is 28.7 Å². The standard InChI is InChI=1S/C12H10BrFN4O3/c1-7-11(13)12(18(20)21)16-17(7)6-10(19)15-9-5-3-2-4-8(9)14/h2-5H,6H2,1H3,(H,15,19). The molecule has 0 saturated heterocycles. The summed E-state index contributed by atoms with van der Waals surface area (Å²) in [5, 5.41) is 16.9. The molecule has 21 heavy (non-hydrogen) atoms. The van der Waals surface area contributed by atoms with E-state index in [1.807, 2.05) is 0 Å². The van der Waals surface area contributed by atoms with Crippen LogP contribution in [0.2, 0.25) is 0 Å². The Morgan fingerprint density at radius 2 is 2.19 bits per heavy atom. The number of halogens is 2. The van der Waals surface area contributed by atoms with Gasteiger partial charge in [0, 0.05) is 0 Å². The van der Waals surface area contributed by atoms with E-state index in [-0.39, 0.29) is 22.5 Å². The van der Waals surface area contributed by atoms with Crippen LogP contribution in [0, 0.1) is 22.9 Å². The summed E-state index contributed by atoms with van der Waals surface area (Å²) in [6, 6.07) is 5.72. The predicted molar refractivity (Wildman–Crippen MR) is 76.3 cm³/mol. The fraction of sp³-hybridized carbons (Fsp3) is 0.167. The number of rotatable bonds is 4. The number of nitrogens with zero attached hydrogens (tertiary/aromatic N) is 3. The van der Waals surface area contributed by atoms with Crippen molar-refractivity contribution in [2.24, 2.45) is 0 Å². The Bertz CT molecular complexity index is 717. The van der Waals surface area contributed by atoms with E-state index in [1.165, 1.54) is 22.9 Å². The summed E-state index contributed by atoms with van der Waals surface area (Å²) in [6.07, 6.45) is 0. The monoisotopic (exact) mass is 356 g/mol. The molecule has 110 valence electrons. The van der Waals surface area contributed by atoms with Crippen LogP contribution in [0.1, 0.15) is 5.69 Å². The molecular formula is C12H10BrFN4O3. The smallest absolute Gasteiger partial charge is 0.358 e. The minimum absolute atomic E-state index is 0.0425. The number of hydrogen-bond donors (Lipinski definition) is 1. The maximum atomic E-state index is 13.4. The number of para-hydroxylation sites is 1. The number of carbonyl (C=O) groups is 1. The Hall–Kier alpha value is -2.29. The van der Waals surface area contributed by atoms with Gasteiger partial charge in [0.15, 0.2) is 0 Å². The van der Waals surface area contributed by atoms with Gasteiger partial charge < -0.3 is 15.4 Å². The fourth-order valence-electron chi connectivity index (χ4n) is 1.67. The van der Waals surface area contributed by atoms with Gasteiger partial charge in [0.25, 0.3) is 0 Å². The molecular weight excluding hydrogens is 347 g/mol. The van der Waals surface area contributed by atoms with Gasteiger partial charge in [-0.25, -0.2) is 4.39 Å². The molecule has 0 aliphatic heterocycles. The Morgan fingerprint density at radius 1 is 1.52 bits per heavy atom. The summed E-state index contributed by atoms with van der Waals surface area (Å²) in [4.78, 5) is 22.0. The lowest BCUT2D eigenvalue weighted by Gasteiger charge is -2.05. The van der Waals surface area contributed by atoms with E-state index in [4.69, 9.17) is 0 Å². The van der Waals surface area contributed by atoms with Crippen LogP contribution in [-0.4, -0.2) is 20.6 Å². The molecule has 1 heterocycles. The van der Waals surface area contributed by atoms with Crippen molar-refractivity contribution in [2.45, 2.75) is 13.5 Å². The second-order valence-electron chi connectivity index (χ2n) is 4.17. The first-order valence-electron chi connectivity index (χ1n) is 5.82. The maximum absolute atomic E-state index is 13.4. The molecule has 0 bridgehead atoms. The number of hydrogen-bond acceptors (Lipinski definition) is 4. The average molecular weight is 357 g/mol. The molecule has 2 rings (SSSR count). The van der Waals surface area contributed by atoms with E-state index in [0.717, 1.165) is 0 Å². The van der Waals surface area contributed by atoms with E-state index in [9.17, 15) is 19.3 Å². The lowest BCUT2D eigenvalue weighted by atomic mass is 10.3. The number of anilines is 1. The second-order valence-corrected chi connectivity index (χ2v) is 4.96. The molecule has 1 N–H and O–H groups in total.